The van der Waals surface area contributed by atoms with E-state index in [4.69, 9.17) is 11.6 Å². The third kappa shape index (κ3) is 3.23. The largest absolute Gasteiger partial charge is 0.364 e. The molecular weight excluding hydrogens is 300 g/mol. The van der Waals surface area contributed by atoms with Crippen LogP contribution in [0.4, 0.5) is 11.5 Å². The van der Waals surface area contributed by atoms with Gasteiger partial charge in [-0.3, -0.25) is 19.7 Å². The molecule has 1 amide bonds. The smallest absolute Gasteiger partial charge is 0.311 e. The van der Waals surface area contributed by atoms with E-state index in [-0.39, 0.29) is 16.5 Å². The van der Waals surface area contributed by atoms with Crippen molar-refractivity contribution in [2.24, 2.45) is 0 Å². The molecule has 21 heavy (non-hydrogen) atoms. The topological polar surface area (TPSA) is 118 Å². The van der Waals surface area contributed by atoms with Gasteiger partial charge in [-0.1, -0.05) is 11.6 Å². The lowest BCUT2D eigenvalue weighted by Gasteiger charge is -2.05. The van der Waals surface area contributed by atoms with Gasteiger partial charge < -0.3 is 10.3 Å². The fraction of sp³-hybridized carbons (Fsp3) is 0.0833. The van der Waals surface area contributed by atoms with Crippen LogP contribution in [-0.2, 0) is 0 Å². The molecule has 8 nitrogen and oxygen atoms in total. The summed E-state index contributed by atoms with van der Waals surface area (Å²) in [6, 6.07) is 3.59. The number of aryl methyl sites for hydroxylation is 1. The fourth-order valence-corrected chi connectivity index (χ4v) is 1.74. The zero-order valence-corrected chi connectivity index (χ0v) is 11.5. The van der Waals surface area contributed by atoms with E-state index in [1.165, 1.54) is 18.3 Å². The highest BCUT2D eigenvalue weighted by molar-refractivity contribution is 6.29. The van der Waals surface area contributed by atoms with Crippen LogP contribution in [0.25, 0.3) is 0 Å². The van der Waals surface area contributed by atoms with Crippen LogP contribution in [0.15, 0.2) is 29.2 Å². The SMILES string of the molecule is Cc1cc(=O)c(C(=O)Nc2nc(Cl)ccc2[N+](=O)[O-])c[nH]1. The molecule has 2 aromatic rings. The van der Waals surface area contributed by atoms with E-state index in [0.717, 1.165) is 6.07 Å². The van der Waals surface area contributed by atoms with Crippen LogP contribution in [0.5, 0.6) is 0 Å². The van der Waals surface area contributed by atoms with Crippen molar-refractivity contribution < 1.29 is 9.72 Å². The number of aromatic amines is 1. The van der Waals surface area contributed by atoms with Gasteiger partial charge >= 0.3 is 5.69 Å². The van der Waals surface area contributed by atoms with Crippen molar-refractivity contribution in [1.29, 1.82) is 0 Å². The van der Waals surface area contributed by atoms with E-state index < -0.39 is 21.9 Å². The monoisotopic (exact) mass is 308 g/mol. The molecule has 108 valence electrons. The second-order valence-electron chi connectivity index (χ2n) is 4.11. The molecule has 0 atom stereocenters. The number of rotatable bonds is 3. The molecule has 0 aliphatic carbocycles. The Labute approximate surface area is 122 Å². The number of nitro groups is 1. The number of hydrogen-bond donors (Lipinski definition) is 2. The van der Waals surface area contributed by atoms with Gasteiger partial charge in [0.1, 0.15) is 10.7 Å². The summed E-state index contributed by atoms with van der Waals surface area (Å²) in [6.07, 6.45) is 1.23. The van der Waals surface area contributed by atoms with Crippen LogP contribution in [0.2, 0.25) is 5.15 Å². The summed E-state index contributed by atoms with van der Waals surface area (Å²) < 4.78 is 0. The molecule has 2 rings (SSSR count). The number of anilines is 1. The third-order valence-corrected chi connectivity index (χ3v) is 2.78. The predicted octanol–water partition coefficient (Wildman–Crippen LogP) is 1.89. The second-order valence-corrected chi connectivity index (χ2v) is 4.49. The molecule has 2 aromatic heterocycles. The normalized spacial score (nSPS) is 10.2. The highest BCUT2D eigenvalue weighted by Crippen LogP contribution is 2.24. The maximum atomic E-state index is 12.0. The van der Waals surface area contributed by atoms with Crippen LogP contribution >= 0.6 is 11.6 Å². The van der Waals surface area contributed by atoms with E-state index in [9.17, 15) is 19.7 Å². The molecule has 0 bridgehead atoms. The molecule has 0 fully saturated rings. The fourth-order valence-electron chi connectivity index (χ4n) is 1.59. The Hall–Kier alpha value is -2.74. The highest BCUT2D eigenvalue weighted by atomic mass is 35.5. The number of pyridine rings is 2. The average Bonchev–Trinajstić information content (AvgIpc) is 2.37. The Morgan fingerprint density at radius 3 is 2.81 bits per heavy atom. The van der Waals surface area contributed by atoms with Crippen molar-refractivity contribution in [1.82, 2.24) is 9.97 Å². The molecule has 9 heteroatoms. The molecule has 2 N–H and O–H groups in total. The molecule has 0 saturated heterocycles. The molecule has 0 aromatic carbocycles. The van der Waals surface area contributed by atoms with E-state index in [2.05, 4.69) is 15.3 Å². The first-order chi connectivity index (χ1) is 9.88. The summed E-state index contributed by atoms with van der Waals surface area (Å²) in [7, 11) is 0. The van der Waals surface area contributed by atoms with Crippen molar-refractivity contribution >= 4 is 29.0 Å². The van der Waals surface area contributed by atoms with Crippen LogP contribution in [0, 0.1) is 17.0 Å². The molecule has 2 heterocycles. The van der Waals surface area contributed by atoms with Crippen molar-refractivity contribution in [2.45, 2.75) is 6.92 Å². The highest BCUT2D eigenvalue weighted by Gasteiger charge is 2.20. The molecule has 0 spiro atoms. The number of nitrogens with one attached hydrogen (secondary N) is 2. The summed E-state index contributed by atoms with van der Waals surface area (Å²) >= 11 is 5.65. The molecule has 0 radical (unpaired) electrons. The summed E-state index contributed by atoms with van der Waals surface area (Å²) in [6.45, 7) is 1.66. The minimum Gasteiger partial charge on any atom is -0.364 e. The van der Waals surface area contributed by atoms with E-state index in [1.54, 1.807) is 6.92 Å². The summed E-state index contributed by atoms with van der Waals surface area (Å²) in [5, 5.41) is 13.1. The number of aromatic nitrogens is 2. The van der Waals surface area contributed by atoms with Crippen LogP contribution in [0.3, 0.4) is 0 Å². The average molecular weight is 309 g/mol. The second kappa shape index (κ2) is 5.71. The van der Waals surface area contributed by atoms with Gasteiger partial charge in [-0.15, -0.1) is 0 Å². The van der Waals surface area contributed by atoms with Gasteiger partial charge in [-0.05, 0) is 13.0 Å². The van der Waals surface area contributed by atoms with E-state index >= 15 is 0 Å². The number of H-pyrrole nitrogens is 1. The molecular formula is C12H9ClN4O4. The van der Waals surface area contributed by atoms with Crippen LogP contribution in [0.1, 0.15) is 16.1 Å². The Bertz CT molecular complexity index is 787. The zero-order valence-electron chi connectivity index (χ0n) is 10.7. The number of carbonyl (C=O) groups is 1. The number of carbonyl (C=O) groups excluding carboxylic acids is 1. The van der Waals surface area contributed by atoms with E-state index in [1.807, 2.05) is 0 Å². The lowest BCUT2D eigenvalue weighted by atomic mass is 10.2. The molecule has 0 aliphatic heterocycles. The maximum absolute atomic E-state index is 12.0. The van der Waals surface area contributed by atoms with Crippen LogP contribution in [-0.4, -0.2) is 20.8 Å². The number of amides is 1. The number of hydrogen-bond acceptors (Lipinski definition) is 5. The minimum atomic E-state index is -0.811. The molecule has 0 aliphatic rings. The van der Waals surface area contributed by atoms with Crippen molar-refractivity contribution in [3.63, 3.8) is 0 Å². The predicted molar refractivity (Wildman–Crippen MR) is 75.7 cm³/mol. The summed E-state index contributed by atoms with van der Waals surface area (Å²) in [5.74, 6) is -1.13. The van der Waals surface area contributed by atoms with Crippen molar-refractivity contribution in [3.05, 3.63) is 61.1 Å². The van der Waals surface area contributed by atoms with Gasteiger partial charge in [0, 0.05) is 24.0 Å². The number of nitrogens with zero attached hydrogens (tertiary/aromatic N) is 2. The van der Waals surface area contributed by atoms with Gasteiger partial charge in [-0.25, -0.2) is 4.98 Å². The van der Waals surface area contributed by atoms with E-state index in [0.29, 0.717) is 5.69 Å². The molecule has 0 unspecified atom stereocenters. The summed E-state index contributed by atoms with van der Waals surface area (Å²) in [4.78, 5) is 40.2. The van der Waals surface area contributed by atoms with Crippen molar-refractivity contribution in [3.8, 4) is 0 Å². The summed E-state index contributed by atoms with van der Waals surface area (Å²) in [5.41, 5.74) is -0.523. The van der Waals surface area contributed by atoms with Gasteiger partial charge in [0.15, 0.2) is 5.43 Å². The van der Waals surface area contributed by atoms with Gasteiger partial charge in [0.25, 0.3) is 5.91 Å². The Kier molecular flexibility index (Phi) is 3.99. The Morgan fingerprint density at radius 2 is 2.19 bits per heavy atom. The standard InChI is InChI=1S/C12H9ClN4O4/c1-6-4-9(18)7(5-14-6)12(19)16-11-8(17(20)21)2-3-10(13)15-11/h2-5H,1H3,(H,14,18)(H,15,16,19). The third-order valence-electron chi connectivity index (χ3n) is 2.57. The lowest BCUT2D eigenvalue weighted by Crippen LogP contribution is -2.22. The Morgan fingerprint density at radius 1 is 1.48 bits per heavy atom. The van der Waals surface area contributed by atoms with Gasteiger partial charge in [0.05, 0.1) is 4.92 Å². The maximum Gasteiger partial charge on any atom is 0.311 e. The first-order valence-electron chi connectivity index (χ1n) is 5.70. The van der Waals surface area contributed by atoms with Gasteiger partial charge in [0.2, 0.25) is 5.82 Å². The van der Waals surface area contributed by atoms with Gasteiger partial charge in [-0.2, -0.15) is 0 Å². The first-order valence-corrected chi connectivity index (χ1v) is 6.08. The first kappa shape index (κ1) is 14.7. The zero-order chi connectivity index (χ0) is 15.6. The molecule has 0 saturated carbocycles. The lowest BCUT2D eigenvalue weighted by molar-refractivity contribution is -0.384. The minimum absolute atomic E-state index is 0.0197. The van der Waals surface area contributed by atoms with Crippen LogP contribution < -0.4 is 10.7 Å². The quantitative estimate of drug-likeness (QED) is 0.510. The number of halogens is 1. The Balaban J connectivity index is 2.38. The van der Waals surface area contributed by atoms with Crippen molar-refractivity contribution in [2.75, 3.05) is 5.32 Å².